The minimum absolute atomic E-state index is 0.0767. The number of alkyl halides is 2. The van der Waals surface area contributed by atoms with E-state index in [2.05, 4.69) is 9.88 Å². The average Bonchev–Trinajstić information content (AvgIpc) is 2.84. The molecule has 1 unspecified atom stereocenters. The molecule has 4 rings (SSSR count). The quantitative estimate of drug-likeness (QED) is 0.564. The molecule has 6 nitrogen and oxygen atoms in total. The van der Waals surface area contributed by atoms with Gasteiger partial charge in [0.05, 0.1) is 12.5 Å². The van der Waals surface area contributed by atoms with Crippen LogP contribution in [0.25, 0.3) is 0 Å². The van der Waals surface area contributed by atoms with E-state index in [1.54, 1.807) is 30.5 Å². The van der Waals surface area contributed by atoms with Gasteiger partial charge in [-0.3, -0.25) is 9.59 Å². The van der Waals surface area contributed by atoms with Crippen LogP contribution in [0.5, 0.6) is 0 Å². The van der Waals surface area contributed by atoms with Gasteiger partial charge in [-0.15, -0.1) is 0 Å². The molecule has 0 N–H and O–H groups in total. The molecule has 1 aromatic heterocycles. The van der Waals surface area contributed by atoms with Gasteiger partial charge in [-0.2, -0.15) is 0 Å². The van der Waals surface area contributed by atoms with E-state index in [0.29, 0.717) is 44.5 Å². The maximum atomic E-state index is 14.3. The molecule has 1 saturated carbocycles. The summed E-state index contributed by atoms with van der Waals surface area (Å²) < 4.78 is 33.7. The number of hydrogen-bond acceptors (Lipinski definition) is 5. The number of hydrogen-bond donors (Lipinski definition) is 0. The van der Waals surface area contributed by atoms with Gasteiger partial charge in [-0.05, 0) is 49.9 Å². The number of para-hydroxylation sites is 1. The van der Waals surface area contributed by atoms with E-state index in [1.165, 1.54) is 12.0 Å². The first-order valence-corrected chi connectivity index (χ1v) is 11.8. The molecule has 182 valence electrons. The number of anilines is 2. The molecule has 2 fully saturated rings. The number of nitrogens with zero attached hydrogens (tertiary/aromatic N) is 3. The third kappa shape index (κ3) is 5.21. The lowest BCUT2D eigenvalue weighted by Crippen LogP contribution is -2.51. The van der Waals surface area contributed by atoms with Crippen LogP contribution in [0.4, 0.5) is 20.3 Å². The molecule has 0 spiro atoms. The number of methoxy groups -OCH3 is 1. The Kier molecular flexibility index (Phi) is 7.14. The zero-order valence-electron chi connectivity index (χ0n) is 19.5. The first-order chi connectivity index (χ1) is 16.3. The Morgan fingerprint density at radius 2 is 1.79 bits per heavy atom. The SMILES string of the molecule is COC(=O)C1(CC(=O)N(c2ccccc2)C2CCCC(F)(F)C2)CCN(c2ccccn2)CC1. The zero-order valence-corrected chi connectivity index (χ0v) is 19.5. The standard InChI is InChI=1S/C26H31F2N3O3/c1-34-24(33)25(13-16-30(17-14-25)22-11-5-6-15-29-22)19-23(32)31(20-8-3-2-4-9-20)21-10-7-12-26(27,28)18-21/h2-6,8-9,11,15,21H,7,10,12-14,16-19H2,1H3. The predicted molar refractivity (Wildman–Crippen MR) is 126 cm³/mol. The summed E-state index contributed by atoms with van der Waals surface area (Å²) >= 11 is 0. The number of esters is 1. The third-order valence-electron chi connectivity index (χ3n) is 7.08. The molecular weight excluding hydrogens is 440 g/mol. The van der Waals surface area contributed by atoms with Crippen LogP contribution in [0.2, 0.25) is 0 Å². The summed E-state index contributed by atoms with van der Waals surface area (Å²) in [5, 5.41) is 0. The largest absolute Gasteiger partial charge is 0.469 e. The molecule has 1 atom stereocenters. The molecule has 1 aromatic carbocycles. The van der Waals surface area contributed by atoms with Crippen molar-refractivity contribution in [1.82, 2.24) is 4.98 Å². The van der Waals surface area contributed by atoms with E-state index in [9.17, 15) is 18.4 Å². The van der Waals surface area contributed by atoms with Crippen LogP contribution in [0.1, 0.15) is 44.9 Å². The summed E-state index contributed by atoms with van der Waals surface area (Å²) in [6.07, 6.45) is 2.83. The van der Waals surface area contributed by atoms with Crippen molar-refractivity contribution in [2.75, 3.05) is 30.0 Å². The molecule has 2 aromatic rings. The minimum Gasteiger partial charge on any atom is -0.469 e. The maximum Gasteiger partial charge on any atom is 0.312 e. The molecule has 1 aliphatic heterocycles. The van der Waals surface area contributed by atoms with Crippen molar-refractivity contribution in [2.24, 2.45) is 5.41 Å². The second-order valence-corrected chi connectivity index (χ2v) is 9.33. The van der Waals surface area contributed by atoms with Gasteiger partial charge in [0.2, 0.25) is 11.8 Å². The van der Waals surface area contributed by atoms with Crippen LogP contribution >= 0.6 is 0 Å². The van der Waals surface area contributed by atoms with Crippen molar-refractivity contribution in [3.05, 3.63) is 54.7 Å². The summed E-state index contributed by atoms with van der Waals surface area (Å²) in [7, 11) is 1.33. The van der Waals surface area contributed by atoms with E-state index in [4.69, 9.17) is 4.74 Å². The summed E-state index contributed by atoms with van der Waals surface area (Å²) in [4.78, 5) is 34.7. The van der Waals surface area contributed by atoms with Crippen LogP contribution in [-0.4, -0.2) is 49.0 Å². The summed E-state index contributed by atoms with van der Waals surface area (Å²) in [6.45, 7) is 1.10. The van der Waals surface area contributed by atoms with Gasteiger partial charge in [0.15, 0.2) is 0 Å². The highest BCUT2D eigenvalue weighted by Crippen LogP contribution is 2.41. The number of carbonyl (C=O) groups is 2. The number of rotatable bonds is 6. The highest BCUT2D eigenvalue weighted by Gasteiger charge is 2.47. The van der Waals surface area contributed by atoms with E-state index in [-0.39, 0.29) is 25.2 Å². The summed E-state index contributed by atoms with van der Waals surface area (Å²) in [6, 6.07) is 14.0. The second-order valence-electron chi connectivity index (χ2n) is 9.33. The number of halogens is 2. The van der Waals surface area contributed by atoms with E-state index in [0.717, 1.165) is 5.82 Å². The van der Waals surface area contributed by atoms with E-state index in [1.807, 2.05) is 24.3 Å². The molecule has 2 heterocycles. The predicted octanol–water partition coefficient (Wildman–Crippen LogP) is 4.84. The van der Waals surface area contributed by atoms with Crippen LogP contribution in [-0.2, 0) is 14.3 Å². The molecular formula is C26H31F2N3O3. The molecule has 34 heavy (non-hydrogen) atoms. The normalized spacial score (nSPS) is 21.5. The van der Waals surface area contributed by atoms with Crippen molar-refractivity contribution in [3.63, 3.8) is 0 Å². The maximum absolute atomic E-state index is 14.3. The zero-order chi connectivity index (χ0) is 24.2. The van der Waals surface area contributed by atoms with E-state index >= 15 is 0 Å². The fraction of sp³-hybridized carbons (Fsp3) is 0.500. The Hall–Kier alpha value is -3.03. The molecule has 0 bridgehead atoms. The van der Waals surface area contributed by atoms with Gasteiger partial charge in [-0.1, -0.05) is 24.3 Å². The van der Waals surface area contributed by atoms with Crippen molar-refractivity contribution < 1.29 is 23.1 Å². The number of ether oxygens (including phenoxy) is 1. The van der Waals surface area contributed by atoms with Crippen LogP contribution in [0, 0.1) is 5.41 Å². The lowest BCUT2D eigenvalue weighted by molar-refractivity contribution is -0.156. The van der Waals surface area contributed by atoms with Crippen molar-refractivity contribution in [2.45, 2.75) is 56.9 Å². The minimum atomic E-state index is -2.80. The number of aromatic nitrogens is 1. The number of carbonyl (C=O) groups excluding carboxylic acids is 2. The van der Waals surface area contributed by atoms with Crippen LogP contribution < -0.4 is 9.80 Å². The molecule has 1 saturated heterocycles. The molecule has 0 radical (unpaired) electrons. The first-order valence-electron chi connectivity index (χ1n) is 11.8. The number of amides is 1. The van der Waals surface area contributed by atoms with Gasteiger partial charge in [-0.25, -0.2) is 13.8 Å². The molecule has 8 heteroatoms. The fourth-order valence-electron chi connectivity index (χ4n) is 5.26. The first kappa shape index (κ1) is 24.1. The van der Waals surface area contributed by atoms with Crippen LogP contribution in [0.15, 0.2) is 54.7 Å². The number of pyridine rings is 1. The molecule has 1 amide bonds. The Bertz CT molecular complexity index is 979. The van der Waals surface area contributed by atoms with Gasteiger partial charge in [0.1, 0.15) is 5.82 Å². The van der Waals surface area contributed by atoms with Crippen LogP contribution in [0.3, 0.4) is 0 Å². The number of benzene rings is 1. The molecule has 1 aliphatic carbocycles. The lowest BCUT2D eigenvalue weighted by atomic mass is 9.75. The van der Waals surface area contributed by atoms with Crippen molar-refractivity contribution >= 4 is 23.4 Å². The highest BCUT2D eigenvalue weighted by molar-refractivity contribution is 5.97. The van der Waals surface area contributed by atoms with Gasteiger partial charge < -0.3 is 14.5 Å². The third-order valence-corrected chi connectivity index (χ3v) is 7.08. The average molecular weight is 472 g/mol. The van der Waals surface area contributed by atoms with Gasteiger partial charge in [0, 0.05) is 50.3 Å². The van der Waals surface area contributed by atoms with Gasteiger partial charge >= 0.3 is 5.97 Å². The second kappa shape index (κ2) is 10.1. The lowest BCUT2D eigenvalue weighted by Gasteiger charge is -2.42. The topological polar surface area (TPSA) is 62.7 Å². The highest BCUT2D eigenvalue weighted by atomic mass is 19.3. The Morgan fingerprint density at radius 1 is 1.09 bits per heavy atom. The van der Waals surface area contributed by atoms with Gasteiger partial charge in [0.25, 0.3) is 0 Å². The number of piperidine rings is 1. The smallest absolute Gasteiger partial charge is 0.312 e. The summed E-state index contributed by atoms with van der Waals surface area (Å²) in [5.41, 5.74) is -0.414. The van der Waals surface area contributed by atoms with Crippen molar-refractivity contribution in [3.8, 4) is 0 Å². The Labute approximate surface area is 198 Å². The Morgan fingerprint density at radius 3 is 2.41 bits per heavy atom. The van der Waals surface area contributed by atoms with Crippen molar-refractivity contribution in [1.29, 1.82) is 0 Å². The van der Waals surface area contributed by atoms with E-state index < -0.39 is 23.3 Å². The monoisotopic (exact) mass is 471 g/mol. The fourth-order valence-corrected chi connectivity index (χ4v) is 5.26. The summed E-state index contributed by atoms with van der Waals surface area (Å²) in [5.74, 6) is -2.72. The Balaban J connectivity index is 1.57. The molecule has 2 aliphatic rings.